The molecule has 352 valence electrons. The van der Waals surface area contributed by atoms with Gasteiger partial charge in [0.1, 0.15) is 44.0 Å². The average molecular weight is 1030 g/mol. The van der Waals surface area contributed by atoms with Gasteiger partial charge in [-0.1, -0.05) is 24.3 Å². The van der Waals surface area contributed by atoms with Crippen LogP contribution in [0.5, 0.6) is 34.5 Å². The second kappa shape index (κ2) is 22.3. The van der Waals surface area contributed by atoms with Crippen LogP contribution in [0.4, 0.5) is 61.7 Å². The van der Waals surface area contributed by atoms with Crippen LogP contribution in [-0.4, -0.2) is 52.4 Å². The summed E-state index contributed by atoms with van der Waals surface area (Å²) >= 11 is 0. The van der Waals surface area contributed by atoms with Crippen LogP contribution < -0.4 is 80.0 Å². The molecule has 23 nitrogen and oxygen atoms in total. The van der Waals surface area contributed by atoms with Gasteiger partial charge in [0, 0.05) is 22.1 Å². The Hall–Kier alpha value is -7.43. The van der Waals surface area contributed by atoms with Gasteiger partial charge in [-0.25, -0.2) is 4.79 Å². The standard InChI is InChI=1S/C45H32N10O13S2.2Na/c56-31-9-13-35(37(58)21-31)52-48-27-3-1-5-29(19-27)50-54-41-39(69(63,64)65)17-23-15-25(7-11-33(23)43(41)60)46-45(62)47-26-8-12-34-24(16-26)18-40(70(66,67)68)42(44(34)61)55-51-30-6-2-4-28(20-30)49-53-36-14-10-32(57)22-38(36)59;;/h1-22,56-61H,(H2,46,47,62)(H,63,64,65)(H,66,67,68);;/q;2*+1/p-2. The molecule has 0 aliphatic carbocycles. The zero-order chi connectivity index (χ0) is 49.9. The fourth-order valence-electron chi connectivity index (χ4n) is 6.59. The van der Waals surface area contributed by atoms with Crippen molar-refractivity contribution in [1.82, 2.24) is 0 Å². The zero-order valence-electron chi connectivity index (χ0n) is 37.1. The molecule has 0 bridgehead atoms. The summed E-state index contributed by atoms with van der Waals surface area (Å²) in [6.45, 7) is 0. The number of anilines is 2. The molecule has 0 saturated heterocycles. The SMILES string of the molecule is O=C(Nc1ccc2c(O)c(N=Nc3cccc(N=Nc4ccc([O-])cc4O)c3)c(S(=O)(=O)O)cc2c1)Nc1ccc2c(O)c(N=Nc3cccc(N=Nc4ccc([O-])cc4O)c3)c(S(=O)(=O)O)cc2c1.[Na+].[Na+]. The topological polar surface area (TPSA) is 376 Å². The van der Waals surface area contributed by atoms with E-state index in [-0.39, 0.29) is 138 Å². The van der Waals surface area contributed by atoms with Gasteiger partial charge >= 0.3 is 65.1 Å². The third kappa shape index (κ3) is 12.7. The van der Waals surface area contributed by atoms with Crippen molar-refractivity contribution in [3.63, 3.8) is 0 Å². The van der Waals surface area contributed by atoms with Crippen molar-refractivity contribution in [1.29, 1.82) is 0 Å². The number of urea groups is 1. The molecule has 8 rings (SSSR count). The van der Waals surface area contributed by atoms with Crippen molar-refractivity contribution < 1.29 is 120 Å². The van der Waals surface area contributed by atoms with Crippen LogP contribution in [0.1, 0.15) is 0 Å². The predicted octanol–water partition coefficient (Wildman–Crippen LogP) is 4.77. The third-order valence-corrected chi connectivity index (χ3v) is 11.5. The molecular formula is C45H30N10Na2O13S2. The number of benzene rings is 8. The first kappa shape index (κ1) is 53.9. The van der Waals surface area contributed by atoms with E-state index in [1.54, 1.807) is 0 Å². The summed E-state index contributed by atoms with van der Waals surface area (Å²) in [6.07, 6.45) is 0. The number of carbonyl (C=O) groups is 1. The fraction of sp³-hybridized carbons (Fsp3) is 0. The number of azo groups is 4. The molecule has 0 fully saturated rings. The molecule has 8 aromatic rings. The van der Waals surface area contributed by atoms with E-state index in [4.69, 9.17) is 0 Å². The summed E-state index contributed by atoms with van der Waals surface area (Å²) in [7, 11) is -10.1. The van der Waals surface area contributed by atoms with Crippen LogP contribution >= 0.6 is 0 Å². The number of amides is 2. The molecule has 0 aliphatic heterocycles. The summed E-state index contributed by atoms with van der Waals surface area (Å²) in [5.41, 5.74) is -0.355. The Labute approximate surface area is 450 Å². The van der Waals surface area contributed by atoms with Crippen LogP contribution in [0.2, 0.25) is 0 Å². The number of carbonyl (C=O) groups excluding carboxylic acids is 1. The number of hydrogen-bond acceptors (Lipinski definition) is 19. The normalized spacial score (nSPS) is 11.9. The van der Waals surface area contributed by atoms with E-state index in [0.29, 0.717) is 0 Å². The maximum Gasteiger partial charge on any atom is 1.00 e. The Morgan fingerprint density at radius 3 is 1.15 bits per heavy atom. The average Bonchev–Trinajstić information content (AvgIpc) is 3.30. The smallest absolute Gasteiger partial charge is 0.872 e. The predicted molar refractivity (Wildman–Crippen MR) is 248 cm³/mol. The number of nitrogens with zero attached hydrogens (tertiary/aromatic N) is 8. The number of aromatic hydroxyl groups is 4. The number of rotatable bonds is 12. The number of fused-ring (bicyclic) bond motifs is 2. The molecule has 0 aliphatic rings. The van der Waals surface area contributed by atoms with Crippen molar-refractivity contribution in [2.45, 2.75) is 9.79 Å². The van der Waals surface area contributed by atoms with Gasteiger partial charge in [0.05, 0.1) is 22.7 Å². The molecule has 0 unspecified atom stereocenters. The van der Waals surface area contributed by atoms with Gasteiger partial charge in [0.2, 0.25) is 0 Å². The minimum absolute atomic E-state index is 0. The minimum atomic E-state index is -5.04. The quantitative estimate of drug-likeness (QED) is 0.0465. The summed E-state index contributed by atoms with van der Waals surface area (Å²) in [4.78, 5) is 11.5. The minimum Gasteiger partial charge on any atom is -0.872 e. The Morgan fingerprint density at radius 2 is 0.806 bits per heavy atom. The van der Waals surface area contributed by atoms with Crippen LogP contribution in [-0.2, 0) is 20.2 Å². The first-order chi connectivity index (χ1) is 33.3. The van der Waals surface area contributed by atoms with Crippen LogP contribution in [0.3, 0.4) is 0 Å². The maximum atomic E-state index is 13.2. The summed E-state index contributed by atoms with van der Waals surface area (Å²) in [6, 6.07) is 27.8. The molecule has 0 saturated carbocycles. The monoisotopic (exact) mass is 1030 g/mol. The van der Waals surface area contributed by atoms with Crippen molar-refractivity contribution in [2.75, 3.05) is 10.6 Å². The molecule has 0 spiro atoms. The van der Waals surface area contributed by atoms with Gasteiger partial charge in [-0.05, 0) is 120 Å². The number of hydrogen-bond donors (Lipinski definition) is 8. The number of nitrogens with one attached hydrogen (secondary N) is 2. The molecule has 0 aromatic heterocycles. The van der Waals surface area contributed by atoms with Crippen LogP contribution in [0.15, 0.2) is 184 Å². The largest absolute Gasteiger partial charge is 1.00 e. The van der Waals surface area contributed by atoms with Gasteiger partial charge in [-0.2, -0.15) is 37.3 Å². The van der Waals surface area contributed by atoms with Gasteiger partial charge in [-0.3, -0.25) is 9.11 Å². The molecule has 27 heteroatoms. The van der Waals surface area contributed by atoms with Crippen molar-refractivity contribution in [3.05, 3.63) is 133 Å². The molecule has 0 radical (unpaired) electrons. The Kier molecular flexibility index (Phi) is 16.7. The Balaban J connectivity index is 0.00000423. The molecule has 72 heavy (non-hydrogen) atoms. The van der Waals surface area contributed by atoms with Crippen molar-refractivity contribution in [2.24, 2.45) is 40.9 Å². The van der Waals surface area contributed by atoms with Gasteiger partial charge < -0.3 is 41.3 Å². The second-order valence-electron chi connectivity index (χ2n) is 14.7. The molecule has 2 amide bonds. The van der Waals surface area contributed by atoms with E-state index in [9.17, 15) is 61.4 Å². The molecular weight excluding hydrogens is 999 g/mol. The fourth-order valence-corrected chi connectivity index (χ4v) is 7.90. The van der Waals surface area contributed by atoms with E-state index >= 15 is 0 Å². The molecule has 8 N–H and O–H groups in total. The van der Waals surface area contributed by atoms with Crippen LogP contribution in [0, 0.1) is 0 Å². The molecule has 0 atom stereocenters. The third-order valence-electron chi connectivity index (χ3n) is 9.80. The Morgan fingerprint density at radius 1 is 0.444 bits per heavy atom. The van der Waals surface area contributed by atoms with E-state index in [1.807, 2.05) is 0 Å². The molecule has 0 heterocycles. The first-order valence-electron chi connectivity index (χ1n) is 19.8. The number of phenolic OH excluding ortho intramolecular Hbond substituents is 4. The molecule has 8 aromatic carbocycles. The number of phenols is 4. The van der Waals surface area contributed by atoms with Gasteiger partial charge in [0.15, 0.2) is 11.5 Å². The zero-order valence-corrected chi connectivity index (χ0v) is 42.8. The van der Waals surface area contributed by atoms with E-state index in [1.165, 1.54) is 109 Å². The van der Waals surface area contributed by atoms with Crippen LogP contribution in [0.25, 0.3) is 21.5 Å². The van der Waals surface area contributed by atoms with E-state index < -0.39 is 70.4 Å². The van der Waals surface area contributed by atoms with Crippen molar-refractivity contribution in [3.8, 4) is 34.5 Å². The van der Waals surface area contributed by atoms with E-state index in [0.717, 1.165) is 24.3 Å². The second-order valence-corrected chi connectivity index (χ2v) is 17.5. The van der Waals surface area contributed by atoms with E-state index in [2.05, 4.69) is 51.5 Å². The maximum absolute atomic E-state index is 13.2. The van der Waals surface area contributed by atoms with Crippen molar-refractivity contribution >= 4 is 105 Å². The Bertz CT molecular complexity index is 3560. The summed E-state index contributed by atoms with van der Waals surface area (Å²) < 4.78 is 70.4. The summed E-state index contributed by atoms with van der Waals surface area (Å²) in [5, 5.41) is 102. The van der Waals surface area contributed by atoms with Gasteiger partial charge in [0.25, 0.3) is 20.2 Å². The summed E-state index contributed by atoms with van der Waals surface area (Å²) in [5.74, 6) is -3.00. The van der Waals surface area contributed by atoms with Gasteiger partial charge in [-0.15, -0.1) is 32.0 Å². The first-order valence-corrected chi connectivity index (χ1v) is 22.7.